The zero-order valence-corrected chi connectivity index (χ0v) is 10.5. The van der Waals surface area contributed by atoms with Crippen molar-refractivity contribution in [2.24, 2.45) is 5.73 Å². The molecule has 0 aliphatic heterocycles. The Morgan fingerprint density at radius 1 is 1.35 bits per heavy atom. The smallest absolute Gasteiger partial charge is 0.215 e. The molecule has 0 aliphatic rings. The molecule has 0 spiro atoms. The summed E-state index contributed by atoms with van der Waals surface area (Å²) in [6, 6.07) is 7.73. The van der Waals surface area contributed by atoms with Gasteiger partial charge in [0.15, 0.2) is 0 Å². The maximum Gasteiger partial charge on any atom is 0.215 e. The highest BCUT2D eigenvalue weighted by Crippen LogP contribution is 2.20. The van der Waals surface area contributed by atoms with E-state index >= 15 is 0 Å². The summed E-state index contributed by atoms with van der Waals surface area (Å²) >= 11 is 0. The predicted molar refractivity (Wildman–Crippen MR) is 72.1 cm³/mol. The number of anilines is 1. The van der Waals surface area contributed by atoms with Gasteiger partial charge in [-0.25, -0.2) is 0 Å². The van der Waals surface area contributed by atoms with Gasteiger partial charge in [-0.1, -0.05) is 12.1 Å². The van der Waals surface area contributed by atoms with Gasteiger partial charge in [0.1, 0.15) is 0 Å². The normalized spacial score (nSPS) is 11.7. The molecule has 0 heterocycles. The van der Waals surface area contributed by atoms with Crippen LogP contribution in [0.15, 0.2) is 30.0 Å². The molecule has 4 heteroatoms. The fourth-order valence-electron chi connectivity index (χ4n) is 1.56. The van der Waals surface area contributed by atoms with Crippen molar-refractivity contribution in [1.82, 2.24) is 0 Å². The van der Waals surface area contributed by atoms with Gasteiger partial charge in [0, 0.05) is 18.4 Å². The van der Waals surface area contributed by atoms with E-state index in [1.165, 1.54) is 0 Å². The van der Waals surface area contributed by atoms with Gasteiger partial charge in [0.2, 0.25) is 5.90 Å². The molecule has 0 saturated carbocycles. The summed E-state index contributed by atoms with van der Waals surface area (Å²) in [5, 5.41) is 10.9. The molecule has 0 fully saturated rings. The summed E-state index contributed by atoms with van der Waals surface area (Å²) in [4.78, 5) is 0. The first-order chi connectivity index (χ1) is 8.10. The minimum absolute atomic E-state index is 0.115. The molecule has 0 amide bonds. The summed E-state index contributed by atoms with van der Waals surface area (Å²) in [7, 11) is 1.86. The maximum atomic E-state index is 7.84. The van der Waals surface area contributed by atoms with E-state index in [4.69, 9.17) is 15.9 Å². The Kier molecular flexibility index (Phi) is 4.57. The Morgan fingerprint density at radius 3 is 2.35 bits per heavy atom. The summed E-state index contributed by atoms with van der Waals surface area (Å²) in [6.07, 6.45) is 0. The third-order valence-electron chi connectivity index (χ3n) is 2.37. The lowest BCUT2D eigenvalue weighted by Gasteiger charge is -2.12. The van der Waals surface area contributed by atoms with Gasteiger partial charge < -0.3 is 15.8 Å². The van der Waals surface area contributed by atoms with E-state index in [2.05, 4.69) is 5.32 Å². The van der Waals surface area contributed by atoms with E-state index in [-0.39, 0.29) is 5.90 Å². The van der Waals surface area contributed by atoms with Crippen molar-refractivity contribution in [2.75, 3.05) is 19.0 Å². The number of rotatable bonds is 4. The number of nitrogens with one attached hydrogen (secondary N) is 2. The minimum Gasteiger partial charge on any atom is -0.478 e. The number of ether oxygens (including phenoxy) is 1. The predicted octanol–water partition coefficient (Wildman–Crippen LogP) is 2.43. The fraction of sp³-hybridized carbons (Fsp3) is 0.308. The van der Waals surface area contributed by atoms with Gasteiger partial charge in [-0.3, -0.25) is 5.41 Å². The number of allylic oxidation sites excluding steroid dienone is 1. The van der Waals surface area contributed by atoms with Crippen LogP contribution in [-0.4, -0.2) is 19.6 Å². The van der Waals surface area contributed by atoms with Crippen molar-refractivity contribution in [1.29, 1.82) is 5.41 Å². The van der Waals surface area contributed by atoms with Crippen molar-refractivity contribution >= 4 is 17.2 Å². The molecule has 92 valence electrons. The Bertz CT molecular complexity index is 417. The molecular formula is C13H19N3O. The minimum atomic E-state index is 0.115. The number of nitrogens with two attached hydrogens (primary N) is 1. The van der Waals surface area contributed by atoms with E-state index in [9.17, 15) is 0 Å². The molecule has 4 nitrogen and oxygen atoms in total. The van der Waals surface area contributed by atoms with Crippen LogP contribution in [0.4, 0.5) is 5.69 Å². The van der Waals surface area contributed by atoms with Crippen LogP contribution in [0.2, 0.25) is 0 Å². The Morgan fingerprint density at radius 2 is 1.94 bits per heavy atom. The number of hydrogen-bond donors (Lipinski definition) is 3. The Hall–Kier alpha value is -1.97. The van der Waals surface area contributed by atoms with Gasteiger partial charge in [-0.15, -0.1) is 0 Å². The lowest BCUT2D eigenvalue weighted by atomic mass is 10.0. The van der Waals surface area contributed by atoms with Crippen LogP contribution in [0.25, 0.3) is 5.57 Å². The van der Waals surface area contributed by atoms with E-state index in [1.807, 2.05) is 38.2 Å². The van der Waals surface area contributed by atoms with Crippen LogP contribution in [0.3, 0.4) is 0 Å². The number of hydrogen-bond acceptors (Lipinski definition) is 4. The zero-order valence-electron chi connectivity index (χ0n) is 10.5. The van der Waals surface area contributed by atoms with Crippen LogP contribution in [0, 0.1) is 5.41 Å². The molecule has 0 bridgehead atoms. The number of benzene rings is 1. The molecule has 1 aromatic rings. The maximum absolute atomic E-state index is 7.84. The SMILES string of the molecule is CCOC(=N)/C(=C(/C)N)c1ccc(NC)cc1. The fourth-order valence-corrected chi connectivity index (χ4v) is 1.56. The molecule has 0 saturated heterocycles. The van der Waals surface area contributed by atoms with E-state index in [1.54, 1.807) is 6.92 Å². The summed E-state index contributed by atoms with van der Waals surface area (Å²) < 4.78 is 5.21. The molecule has 1 rings (SSSR count). The molecule has 4 N–H and O–H groups in total. The van der Waals surface area contributed by atoms with Crippen LogP contribution in [0.5, 0.6) is 0 Å². The standard InChI is InChI=1S/C13H19N3O/c1-4-17-13(15)12(9(2)14)10-5-7-11(16-3)8-6-10/h5-8,15-16H,4,14H2,1-3H3/b12-9-,15-13?. The third-order valence-corrected chi connectivity index (χ3v) is 2.37. The summed E-state index contributed by atoms with van der Waals surface area (Å²) in [5.41, 5.74) is 8.96. The lowest BCUT2D eigenvalue weighted by Crippen LogP contribution is -2.11. The summed E-state index contributed by atoms with van der Waals surface area (Å²) in [6.45, 7) is 4.08. The highest BCUT2D eigenvalue weighted by Gasteiger charge is 2.11. The largest absolute Gasteiger partial charge is 0.478 e. The molecule has 0 aliphatic carbocycles. The highest BCUT2D eigenvalue weighted by molar-refractivity contribution is 6.18. The van der Waals surface area contributed by atoms with Gasteiger partial charge >= 0.3 is 0 Å². The monoisotopic (exact) mass is 233 g/mol. The summed E-state index contributed by atoms with van der Waals surface area (Å²) in [5.74, 6) is 0.115. The average molecular weight is 233 g/mol. The van der Waals surface area contributed by atoms with Crippen molar-refractivity contribution in [3.05, 3.63) is 35.5 Å². The second-order valence-corrected chi connectivity index (χ2v) is 3.65. The molecule has 0 atom stereocenters. The van der Waals surface area contributed by atoms with Crippen LogP contribution >= 0.6 is 0 Å². The quantitative estimate of drug-likeness (QED) is 0.552. The molecule has 17 heavy (non-hydrogen) atoms. The van der Waals surface area contributed by atoms with Crippen molar-refractivity contribution in [3.8, 4) is 0 Å². The topological polar surface area (TPSA) is 71.1 Å². The van der Waals surface area contributed by atoms with Gasteiger partial charge in [0.25, 0.3) is 0 Å². The first kappa shape index (κ1) is 13.1. The average Bonchev–Trinajstić information content (AvgIpc) is 2.30. The second kappa shape index (κ2) is 5.94. The van der Waals surface area contributed by atoms with Crippen molar-refractivity contribution in [3.63, 3.8) is 0 Å². The van der Waals surface area contributed by atoms with Crippen LogP contribution < -0.4 is 11.1 Å². The van der Waals surface area contributed by atoms with E-state index in [0.29, 0.717) is 17.9 Å². The second-order valence-electron chi connectivity index (χ2n) is 3.65. The lowest BCUT2D eigenvalue weighted by molar-refractivity contribution is 0.329. The van der Waals surface area contributed by atoms with Gasteiger partial charge in [-0.2, -0.15) is 0 Å². The first-order valence-corrected chi connectivity index (χ1v) is 5.56. The van der Waals surface area contributed by atoms with Crippen molar-refractivity contribution < 1.29 is 4.74 Å². The molecular weight excluding hydrogens is 214 g/mol. The van der Waals surface area contributed by atoms with Gasteiger partial charge in [-0.05, 0) is 31.5 Å². The molecule has 0 aromatic heterocycles. The van der Waals surface area contributed by atoms with Crippen molar-refractivity contribution in [2.45, 2.75) is 13.8 Å². The Balaban J connectivity index is 3.07. The molecule has 0 unspecified atom stereocenters. The molecule has 0 radical (unpaired) electrons. The Labute approximate surface area is 102 Å². The first-order valence-electron chi connectivity index (χ1n) is 5.56. The zero-order chi connectivity index (χ0) is 12.8. The van der Waals surface area contributed by atoms with E-state index in [0.717, 1.165) is 11.3 Å². The van der Waals surface area contributed by atoms with Crippen LogP contribution in [-0.2, 0) is 4.74 Å². The van der Waals surface area contributed by atoms with Gasteiger partial charge in [0.05, 0.1) is 12.2 Å². The van der Waals surface area contributed by atoms with Crippen LogP contribution in [0.1, 0.15) is 19.4 Å². The van der Waals surface area contributed by atoms with E-state index < -0.39 is 0 Å². The third kappa shape index (κ3) is 3.24. The highest BCUT2D eigenvalue weighted by atomic mass is 16.5. The molecule has 1 aromatic carbocycles.